The molecule has 20 heavy (non-hydrogen) atoms. The monoisotopic (exact) mass is 299 g/mol. The van der Waals surface area contributed by atoms with Crippen LogP contribution in [-0.2, 0) is 11.3 Å². The number of carbonyl (C=O) groups is 1. The number of anilines is 1. The Hall–Kier alpha value is -1.33. The van der Waals surface area contributed by atoms with E-state index in [0.29, 0.717) is 6.54 Å². The first kappa shape index (κ1) is 15.1. The van der Waals surface area contributed by atoms with E-state index in [1.165, 1.54) is 12.1 Å². The molecule has 1 aliphatic rings. The number of piperazine rings is 1. The summed E-state index contributed by atoms with van der Waals surface area (Å²) in [5.74, 6) is -0.627. The van der Waals surface area contributed by atoms with Gasteiger partial charge in [-0.05, 0) is 30.8 Å². The van der Waals surface area contributed by atoms with Crippen molar-refractivity contribution in [3.63, 3.8) is 0 Å². The molecule has 1 N–H and O–H groups in total. The van der Waals surface area contributed by atoms with E-state index in [-0.39, 0.29) is 17.6 Å². The van der Waals surface area contributed by atoms with Crippen LogP contribution < -0.4 is 10.2 Å². The number of nitrogens with one attached hydrogen (secondary N) is 1. The first-order chi connectivity index (χ1) is 9.60. The topological polar surface area (TPSA) is 35.6 Å². The Bertz CT molecular complexity index is 475. The van der Waals surface area contributed by atoms with Crippen molar-refractivity contribution in [1.29, 1.82) is 0 Å². The third kappa shape index (κ3) is 3.84. The molecule has 0 radical (unpaired) electrons. The molecule has 0 spiro atoms. The predicted octanol–water partition coefficient (Wildman–Crippen LogP) is 1.43. The molecule has 1 aromatic rings. The number of hydrogen-bond donors (Lipinski definition) is 1. The van der Waals surface area contributed by atoms with Crippen LogP contribution in [-0.4, -0.2) is 49.9 Å². The van der Waals surface area contributed by atoms with Crippen LogP contribution in [0.1, 0.15) is 5.56 Å². The van der Waals surface area contributed by atoms with Gasteiger partial charge in [0.25, 0.3) is 0 Å². The Kier molecular flexibility index (Phi) is 5.20. The summed E-state index contributed by atoms with van der Waals surface area (Å²) in [4.78, 5) is 15.7. The van der Waals surface area contributed by atoms with Crippen molar-refractivity contribution in [2.75, 3.05) is 44.0 Å². The van der Waals surface area contributed by atoms with Gasteiger partial charge in [0.15, 0.2) is 0 Å². The second-order valence-electron chi connectivity index (χ2n) is 4.97. The van der Waals surface area contributed by atoms with Crippen LogP contribution in [0.2, 0.25) is 0 Å². The number of halogens is 2. The Balaban J connectivity index is 2.12. The average Bonchev–Trinajstić information content (AvgIpc) is 2.46. The second-order valence-corrected chi connectivity index (χ2v) is 5.24. The fourth-order valence-corrected chi connectivity index (χ4v) is 2.39. The van der Waals surface area contributed by atoms with Crippen LogP contribution in [0.5, 0.6) is 0 Å². The molecule has 1 aliphatic heterocycles. The number of rotatable bonds is 4. The largest absolute Gasteiger partial charge is 0.369 e. The first-order valence-electron chi connectivity index (χ1n) is 6.64. The number of carbonyl (C=O) groups excluding carboxylic acids is 1. The van der Waals surface area contributed by atoms with Crippen LogP contribution >= 0.6 is 11.6 Å². The normalized spacial score (nSPS) is 16.2. The number of amides is 1. The maximum absolute atomic E-state index is 13.4. The van der Waals surface area contributed by atoms with Gasteiger partial charge in [-0.25, -0.2) is 4.39 Å². The lowest BCUT2D eigenvalue weighted by Crippen LogP contribution is -2.45. The Morgan fingerprint density at radius 2 is 2.05 bits per heavy atom. The Morgan fingerprint density at radius 1 is 1.35 bits per heavy atom. The molecule has 0 bridgehead atoms. The average molecular weight is 300 g/mol. The highest BCUT2D eigenvalue weighted by Crippen LogP contribution is 2.23. The number of nitrogens with zero attached hydrogens (tertiary/aromatic N) is 2. The molecule has 1 fully saturated rings. The molecule has 0 saturated carbocycles. The lowest BCUT2D eigenvalue weighted by molar-refractivity contribution is -0.118. The molecule has 0 aliphatic carbocycles. The van der Waals surface area contributed by atoms with Crippen molar-refractivity contribution >= 4 is 23.2 Å². The van der Waals surface area contributed by atoms with Crippen LogP contribution in [0.25, 0.3) is 0 Å². The van der Waals surface area contributed by atoms with Gasteiger partial charge in [-0.1, -0.05) is 0 Å². The van der Waals surface area contributed by atoms with E-state index in [9.17, 15) is 9.18 Å². The SMILES string of the molecule is CN1CCN(c2ccc(F)cc2CNC(=O)CCl)CC1. The van der Waals surface area contributed by atoms with Gasteiger partial charge in [-0.3, -0.25) is 4.79 Å². The van der Waals surface area contributed by atoms with E-state index in [1.807, 2.05) is 0 Å². The molecular formula is C14H19ClFN3O. The summed E-state index contributed by atoms with van der Waals surface area (Å²) >= 11 is 5.45. The highest BCUT2D eigenvalue weighted by molar-refractivity contribution is 6.27. The van der Waals surface area contributed by atoms with E-state index in [2.05, 4.69) is 22.2 Å². The summed E-state index contributed by atoms with van der Waals surface area (Å²) in [6.07, 6.45) is 0. The minimum Gasteiger partial charge on any atom is -0.369 e. The summed E-state index contributed by atoms with van der Waals surface area (Å²) in [7, 11) is 2.09. The lowest BCUT2D eigenvalue weighted by Gasteiger charge is -2.35. The van der Waals surface area contributed by atoms with Crippen LogP contribution in [0.4, 0.5) is 10.1 Å². The number of hydrogen-bond acceptors (Lipinski definition) is 3. The van der Waals surface area contributed by atoms with Crippen molar-refractivity contribution in [3.8, 4) is 0 Å². The standard InChI is InChI=1S/C14H19ClFN3O/c1-18-4-6-19(7-5-18)13-3-2-12(16)8-11(13)10-17-14(20)9-15/h2-3,8H,4-7,9-10H2,1H3,(H,17,20). The number of alkyl halides is 1. The van der Waals surface area contributed by atoms with E-state index in [0.717, 1.165) is 37.4 Å². The third-order valence-electron chi connectivity index (χ3n) is 3.48. The highest BCUT2D eigenvalue weighted by Gasteiger charge is 2.17. The zero-order valence-corrected chi connectivity index (χ0v) is 12.3. The van der Waals surface area contributed by atoms with E-state index in [4.69, 9.17) is 11.6 Å². The molecule has 1 saturated heterocycles. The molecule has 1 amide bonds. The molecule has 6 heteroatoms. The van der Waals surface area contributed by atoms with E-state index in [1.54, 1.807) is 6.07 Å². The van der Waals surface area contributed by atoms with E-state index >= 15 is 0 Å². The number of likely N-dealkylation sites (N-methyl/N-ethyl adjacent to an activating group) is 1. The van der Waals surface area contributed by atoms with Crippen molar-refractivity contribution in [2.24, 2.45) is 0 Å². The first-order valence-corrected chi connectivity index (χ1v) is 7.18. The van der Waals surface area contributed by atoms with Crippen molar-refractivity contribution in [2.45, 2.75) is 6.54 Å². The van der Waals surface area contributed by atoms with Crippen LogP contribution in [0.15, 0.2) is 18.2 Å². The quantitative estimate of drug-likeness (QED) is 0.855. The Morgan fingerprint density at radius 3 is 2.70 bits per heavy atom. The minimum absolute atomic E-state index is 0.0842. The third-order valence-corrected chi connectivity index (χ3v) is 3.73. The number of benzene rings is 1. The van der Waals surface area contributed by atoms with Gasteiger partial charge < -0.3 is 15.1 Å². The maximum Gasteiger partial charge on any atom is 0.235 e. The molecule has 1 aromatic carbocycles. The molecule has 110 valence electrons. The summed E-state index contributed by atoms with van der Waals surface area (Å²) in [5.41, 5.74) is 1.77. The molecule has 2 rings (SSSR count). The van der Waals surface area contributed by atoms with Gasteiger partial charge in [-0.15, -0.1) is 11.6 Å². The van der Waals surface area contributed by atoms with Crippen LogP contribution in [0.3, 0.4) is 0 Å². The molecule has 4 nitrogen and oxygen atoms in total. The van der Waals surface area contributed by atoms with Gasteiger partial charge in [0, 0.05) is 38.4 Å². The molecule has 0 unspecified atom stereocenters. The Labute approximate surface area is 123 Å². The van der Waals surface area contributed by atoms with Gasteiger partial charge in [0.2, 0.25) is 5.91 Å². The van der Waals surface area contributed by atoms with Crippen LogP contribution in [0, 0.1) is 5.82 Å². The van der Waals surface area contributed by atoms with Gasteiger partial charge in [0.05, 0.1) is 0 Å². The molecule has 0 aromatic heterocycles. The minimum atomic E-state index is -0.294. The summed E-state index contributed by atoms with van der Waals surface area (Å²) < 4.78 is 13.4. The second kappa shape index (κ2) is 6.90. The lowest BCUT2D eigenvalue weighted by atomic mass is 10.1. The fourth-order valence-electron chi connectivity index (χ4n) is 2.29. The summed E-state index contributed by atoms with van der Waals surface area (Å²) in [6, 6.07) is 4.71. The zero-order chi connectivity index (χ0) is 14.5. The molecule has 0 atom stereocenters. The van der Waals surface area contributed by atoms with Crippen molar-refractivity contribution in [3.05, 3.63) is 29.6 Å². The maximum atomic E-state index is 13.4. The van der Waals surface area contributed by atoms with E-state index < -0.39 is 0 Å². The fraction of sp³-hybridized carbons (Fsp3) is 0.500. The van der Waals surface area contributed by atoms with Gasteiger partial charge in [0.1, 0.15) is 11.7 Å². The molecule has 1 heterocycles. The van der Waals surface area contributed by atoms with Gasteiger partial charge >= 0.3 is 0 Å². The predicted molar refractivity (Wildman–Crippen MR) is 78.7 cm³/mol. The zero-order valence-electron chi connectivity index (χ0n) is 11.5. The van der Waals surface area contributed by atoms with Crippen molar-refractivity contribution in [1.82, 2.24) is 10.2 Å². The van der Waals surface area contributed by atoms with Gasteiger partial charge in [-0.2, -0.15) is 0 Å². The van der Waals surface area contributed by atoms with Crippen molar-refractivity contribution < 1.29 is 9.18 Å². The smallest absolute Gasteiger partial charge is 0.235 e. The molecular weight excluding hydrogens is 281 g/mol. The highest BCUT2D eigenvalue weighted by atomic mass is 35.5. The summed E-state index contributed by atoms with van der Waals surface area (Å²) in [6.45, 7) is 4.05. The summed E-state index contributed by atoms with van der Waals surface area (Å²) in [5, 5.41) is 2.69.